The van der Waals surface area contributed by atoms with E-state index in [0.717, 1.165) is 103 Å². The van der Waals surface area contributed by atoms with Gasteiger partial charge < -0.3 is 28.5 Å². The van der Waals surface area contributed by atoms with Crippen molar-refractivity contribution in [1.82, 2.24) is 0 Å². The van der Waals surface area contributed by atoms with Crippen LogP contribution in [-0.2, 0) is 33.3 Å². The van der Waals surface area contributed by atoms with Gasteiger partial charge in [0.25, 0.3) is 6.29 Å². The Balaban J connectivity index is 4.18. The molecule has 486 valence electrons. The van der Waals surface area contributed by atoms with E-state index in [9.17, 15) is 19.5 Å². The molecule has 0 amide bonds. The van der Waals surface area contributed by atoms with Crippen LogP contribution in [0.4, 0.5) is 0 Å². The van der Waals surface area contributed by atoms with E-state index in [2.05, 4.69) is 135 Å². The highest BCUT2D eigenvalue weighted by molar-refractivity contribution is 5.71. The van der Waals surface area contributed by atoms with Crippen molar-refractivity contribution < 1.29 is 42.9 Å². The van der Waals surface area contributed by atoms with E-state index < -0.39 is 24.3 Å². The molecule has 0 aliphatic rings. The Morgan fingerprint density at radius 2 is 0.671 bits per heavy atom. The summed E-state index contributed by atoms with van der Waals surface area (Å²) in [5.74, 6) is -2.02. The number of allylic oxidation sites excluding steroid dienone is 20. The van der Waals surface area contributed by atoms with Gasteiger partial charge in [-0.05, 0) is 109 Å². The van der Waals surface area contributed by atoms with Crippen molar-refractivity contribution >= 4 is 17.9 Å². The quantitative estimate of drug-likeness (QED) is 0.0211. The number of rotatable bonds is 63. The molecular weight excluding hydrogens is 1050 g/mol. The van der Waals surface area contributed by atoms with Crippen LogP contribution in [0.15, 0.2) is 122 Å². The lowest BCUT2D eigenvalue weighted by Gasteiger charge is -2.25. The molecule has 85 heavy (non-hydrogen) atoms. The number of carboxylic acid groups (broad SMARTS) is 1. The van der Waals surface area contributed by atoms with Gasteiger partial charge in [-0.15, -0.1) is 0 Å². The molecule has 2 unspecified atom stereocenters. The molecule has 2 atom stereocenters. The first kappa shape index (κ1) is 80.7. The van der Waals surface area contributed by atoms with E-state index in [-0.39, 0.29) is 32.2 Å². The van der Waals surface area contributed by atoms with Crippen LogP contribution in [-0.4, -0.2) is 87.4 Å². The lowest BCUT2D eigenvalue weighted by molar-refractivity contribution is -0.870. The summed E-state index contributed by atoms with van der Waals surface area (Å²) in [6, 6.07) is 0. The normalized spacial score (nSPS) is 13.5. The monoisotopic (exact) mass is 1180 g/mol. The number of likely N-dealkylation sites (N-methyl/N-ethyl adjacent to an activating group) is 1. The second-order valence-corrected chi connectivity index (χ2v) is 24.1. The third kappa shape index (κ3) is 67.1. The van der Waals surface area contributed by atoms with Gasteiger partial charge in [0.15, 0.2) is 6.10 Å². The predicted octanol–water partition coefficient (Wildman–Crippen LogP) is 21.6. The van der Waals surface area contributed by atoms with E-state index in [1.165, 1.54) is 148 Å². The summed E-state index contributed by atoms with van der Waals surface area (Å²) in [5, 5.41) is 9.75. The fourth-order valence-electron chi connectivity index (χ4n) is 9.41. The summed E-state index contributed by atoms with van der Waals surface area (Å²) in [5.41, 5.74) is 0. The number of carbonyl (C=O) groups is 3. The molecule has 0 saturated heterocycles. The molecule has 0 heterocycles. The largest absolute Gasteiger partial charge is 0.477 e. The molecule has 0 spiro atoms. The lowest BCUT2D eigenvalue weighted by atomic mass is 10.0. The van der Waals surface area contributed by atoms with E-state index in [0.29, 0.717) is 23.9 Å². The number of ether oxygens (including phenoxy) is 4. The number of unbranched alkanes of at least 4 members (excludes halogenated alkanes) is 28. The van der Waals surface area contributed by atoms with Gasteiger partial charge in [0, 0.05) is 12.8 Å². The summed E-state index contributed by atoms with van der Waals surface area (Å²) >= 11 is 0. The summed E-state index contributed by atoms with van der Waals surface area (Å²) in [7, 11) is 5.97. The zero-order valence-electron chi connectivity index (χ0n) is 55.5. The Morgan fingerprint density at radius 3 is 1.00 bits per heavy atom. The zero-order chi connectivity index (χ0) is 61.9. The number of quaternary nitrogens is 1. The summed E-state index contributed by atoms with van der Waals surface area (Å²) in [4.78, 5) is 37.6. The average molecular weight is 1190 g/mol. The Hall–Kier alpha value is -4.31. The molecule has 0 radical (unpaired) electrons. The first-order chi connectivity index (χ1) is 41.6. The van der Waals surface area contributed by atoms with E-state index in [1.807, 2.05) is 21.1 Å². The van der Waals surface area contributed by atoms with Gasteiger partial charge in [-0.1, -0.05) is 283 Å². The molecule has 0 rings (SSSR count). The fraction of sp³-hybridized carbons (Fsp3) is 0.697. The van der Waals surface area contributed by atoms with Crippen molar-refractivity contribution in [3.63, 3.8) is 0 Å². The SMILES string of the molecule is CC/C=C\C/C=C\C/C=C\C/C=C\C/C=C\C/C=C\C/C=C\CCCCCCCCCC(=O)OC(COC(=O)CCCCCCCCCCCCCCCCCC/C=C\C/C=C\C/C=C\CCCCCCC)COC(OCC[N+](C)(C)C)C(=O)O. The number of esters is 2. The number of carbonyl (C=O) groups excluding carboxylic acids is 2. The van der Waals surface area contributed by atoms with E-state index in [4.69, 9.17) is 18.9 Å². The van der Waals surface area contributed by atoms with Gasteiger partial charge >= 0.3 is 17.9 Å². The Labute approximate surface area is 523 Å². The predicted molar refractivity (Wildman–Crippen MR) is 364 cm³/mol. The fourth-order valence-corrected chi connectivity index (χ4v) is 9.41. The van der Waals surface area contributed by atoms with Gasteiger partial charge in [-0.2, -0.15) is 0 Å². The minimum absolute atomic E-state index is 0.180. The van der Waals surface area contributed by atoms with Crippen molar-refractivity contribution in [2.75, 3.05) is 47.5 Å². The Bertz CT molecular complexity index is 1810. The van der Waals surface area contributed by atoms with Crippen LogP contribution in [0, 0.1) is 0 Å². The van der Waals surface area contributed by atoms with Gasteiger partial charge in [-0.25, -0.2) is 4.79 Å². The van der Waals surface area contributed by atoms with Crippen molar-refractivity contribution in [3.8, 4) is 0 Å². The Morgan fingerprint density at radius 1 is 0.365 bits per heavy atom. The molecule has 0 bridgehead atoms. The molecular formula is C76H130NO8+. The maximum Gasteiger partial charge on any atom is 0.361 e. The Kier molecular flexibility index (Phi) is 62.3. The maximum atomic E-state index is 12.9. The maximum absolute atomic E-state index is 12.9. The molecule has 0 aliphatic heterocycles. The van der Waals surface area contributed by atoms with Crippen molar-refractivity contribution in [3.05, 3.63) is 122 Å². The van der Waals surface area contributed by atoms with E-state index >= 15 is 0 Å². The van der Waals surface area contributed by atoms with Crippen LogP contribution in [0.25, 0.3) is 0 Å². The lowest BCUT2D eigenvalue weighted by Crippen LogP contribution is -2.40. The second kappa shape index (κ2) is 65.7. The first-order valence-corrected chi connectivity index (χ1v) is 34.7. The van der Waals surface area contributed by atoms with Crippen LogP contribution in [0.1, 0.15) is 284 Å². The number of hydrogen-bond donors (Lipinski definition) is 1. The molecule has 0 aliphatic carbocycles. The minimum Gasteiger partial charge on any atom is -0.477 e. The van der Waals surface area contributed by atoms with E-state index in [1.54, 1.807) is 0 Å². The summed E-state index contributed by atoms with van der Waals surface area (Å²) in [6.45, 7) is 4.75. The van der Waals surface area contributed by atoms with Crippen LogP contribution >= 0.6 is 0 Å². The third-order valence-corrected chi connectivity index (χ3v) is 14.7. The van der Waals surface area contributed by atoms with Gasteiger partial charge in [-0.3, -0.25) is 9.59 Å². The number of aliphatic carboxylic acids is 1. The van der Waals surface area contributed by atoms with Gasteiger partial charge in [0.05, 0.1) is 34.4 Å². The van der Waals surface area contributed by atoms with Crippen molar-refractivity contribution in [2.45, 2.75) is 296 Å². The average Bonchev–Trinajstić information content (AvgIpc) is 3.48. The molecule has 0 aromatic rings. The van der Waals surface area contributed by atoms with Crippen molar-refractivity contribution in [1.29, 1.82) is 0 Å². The van der Waals surface area contributed by atoms with Crippen LogP contribution < -0.4 is 0 Å². The van der Waals surface area contributed by atoms with Gasteiger partial charge in [0.1, 0.15) is 13.2 Å². The number of hydrogen-bond acceptors (Lipinski definition) is 7. The standard InChI is InChI=1S/C76H129NO8/c1-6-8-10-12-14-16-18-20-22-24-26-28-30-32-34-36-37-39-40-42-44-46-48-50-52-54-56-58-60-62-64-66-73(78)83-70-72(71-84-76(75(80)81)82-69-68-77(3,4)5)85-74(79)67-65-63-61-59-57-55-53-51-49-47-45-43-41-38-35-33-31-29-27-25-23-21-19-17-15-13-11-9-7-2/h9,11,15,17-18,20-21,23-24,26-27,29-30,32-33,35,41,43,47,49,72,76H,6-8,10,12-14,16,19,22,25,28,31,34,36-40,42,44-46,48,50-71H2,1-5H3/p+1/b11-9-,17-15-,20-18-,23-21-,26-24-,29-27-,32-30-,35-33-,43-41-,49-47-. The highest BCUT2D eigenvalue weighted by Crippen LogP contribution is 2.17. The molecule has 1 N–H and O–H groups in total. The molecule has 0 aromatic heterocycles. The minimum atomic E-state index is -1.52. The second-order valence-electron chi connectivity index (χ2n) is 24.1. The molecule has 0 saturated carbocycles. The molecule has 0 fully saturated rings. The third-order valence-electron chi connectivity index (χ3n) is 14.7. The highest BCUT2D eigenvalue weighted by Gasteiger charge is 2.25. The molecule has 0 aromatic carbocycles. The topological polar surface area (TPSA) is 108 Å². The molecule has 9 heteroatoms. The number of carboxylic acids is 1. The number of nitrogens with zero attached hydrogens (tertiary/aromatic N) is 1. The van der Waals surface area contributed by atoms with Crippen LogP contribution in [0.5, 0.6) is 0 Å². The van der Waals surface area contributed by atoms with Crippen LogP contribution in [0.3, 0.4) is 0 Å². The summed E-state index contributed by atoms with van der Waals surface area (Å²) < 4.78 is 23.0. The zero-order valence-corrected chi connectivity index (χ0v) is 55.5. The smallest absolute Gasteiger partial charge is 0.361 e. The molecule has 9 nitrogen and oxygen atoms in total. The van der Waals surface area contributed by atoms with Crippen LogP contribution in [0.2, 0.25) is 0 Å². The summed E-state index contributed by atoms with van der Waals surface area (Å²) in [6.07, 6.45) is 90.1. The van der Waals surface area contributed by atoms with Crippen molar-refractivity contribution in [2.24, 2.45) is 0 Å². The van der Waals surface area contributed by atoms with Gasteiger partial charge in [0.2, 0.25) is 0 Å². The first-order valence-electron chi connectivity index (χ1n) is 34.7. The highest BCUT2D eigenvalue weighted by atomic mass is 16.7.